The topological polar surface area (TPSA) is 51.2 Å². The summed E-state index contributed by atoms with van der Waals surface area (Å²) in [6.07, 6.45) is 13.5. The molecule has 2 aliphatic rings. The maximum Gasteiger partial charge on any atom is 0.376 e. The second-order valence-electron chi connectivity index (χ2n) is 8.28. The van der Waals surface area contributed by atoms with Crippen molar-refractivity contribution < 1.29 is 14.2 Å². The SMILES string of the molecule is CC[P+](=O)c1ccccc1.O=C1CC=CC=C1Pc1ccccc1.O=C1CC=CC=C1Pc1ccccc1. The van der Waals surface area contributed by atoms with Crippen molar-refractivity contribution in [2.75, 3.05) is 6.16 Å². The Morgan fingerprint density at radius 1 is 0.632 bits per heavy atom. The summed E-state index contributed by atoms with van der Waals surface area (Å²) in [5.74, 6) is 0.518. The van der Waals surface area contributed by atoms with E-state index in [9.17, 15) is 14.2 Å². The highest BCUT2D eigenvalue weighted by Crippen LogP contribution is 2.27. The minimum atomic E-state index is -1.12. The molecule has 5 rings (SSSR count). The fourth-order valence-corrected chi connectivity index (χ4v) is 6.49. The van der Waals surface area contributed by atoms with Crippen LogP contribution in [0.1, 0.15) is 19.8 Å². The van der Waals surface area contributed by atoms with E-state index in [1.807, 2.05) is 110 Å². The van der Waals surface area contributed by atoms with Gasteiger partial charge in [-0.05, 0) is 29.7 Å². The maximum absolute atomic E-state index is 11.5. The molecule has 0 heterocycles. The van der Waals surface area contributed by atoms with Gasteiger partial charge in [0.1, 0.15) is 6.16 Å². The Morgan fingerprint density at radius 3 is 1.39 bits per heavy atom. The summed E-state index contributed by atoms with van der Waals surface area (Å²) >= 11 is 0. The van der Waals surface area contributed by atoms with Crippen LogP contribution in [0.2, 0.25) is 0 Å². The standard InChI is InChI=1S/2C12H11OP.C8H10OP/c2*13-11-8-4-5-9-12(11)14-10-6-2-1-3-7-10;1-2-10(9)8-6-4-3-5-7-8/h2*1-7,9,14H,8H2;3-7H,2H2,1H3/q;;+1. The van der Waals surface area contributed by atoms with Crippen LogP contribution in [0.4, 0.5) is 0 Å². The summed E-state index contributed by atoms with van der Waals surface area (Å²) in [6.45, 7) is 1.94. The van der Waals surface area contributed by atoms with Crippen LogP contribution in [0, 0.1) is 0 Å². The van der Waals surface area contributed by atoms with Gasteiger partial charge < -0.3 is 0 Å². The first-order valence-corrected chi connectivity index (χ1v) is 15.9. The van der Waals surface area contributed by atoms with Crippen molar-refractivity contribution in [1.82, 2.24) is 0 Å². The van der Waals surface area contributed by atoms with Crippen molar-refractivity contribution in [3.05, 3.63) is 138 Å². The fourth-order valence-electron chi connectivity index (χ4n) is 3.44. The minimum Gasteiger partial charge on any atom is -0.294 e. The normalized spacial score (nSPS) is 14.9. The van der Waals surface area contributed by atoms with Crippen molar-refractivity contribution >= 4 is 52.4 Å². The molecular weight excluding hydrogens is 525 g/mol. The maximum atomic E-state index is 11.5. The minimum absolute atomic E-state index is 0.259. The van der Waals surface area contributed by atoms with E-state index >= 15 is 0 Å². The fraction of sp³-hybridized carbons (Fsp3) is 0.125. The number of ketones is 2. The predicted octanol–water partition coefficient (Wildman–Crippen LogP) is 6.97. The number of hydrogen-bond donors (Lipinski definition) is 0. The van der Waals surface area contributed by atoms with Gasteiger partial charge in [-0.2, -0.15) is 0 Å². The van der Waals surface area contributed by atoms with Gasteiger partial charge in [-0.25, -0.2) is 0 Å². The Bertz CT molecular complexity index is 1250. The number of carbonyl (C=O) groups excluding carboxylic acids is 2. The summed E-state index contributed by atoms with van der Waals surface area (Å²) < 4.78 is 11.2. The summed E-state index contributed by atoms with van der Waals surface area (Å²) in [7, 11) is -0.135. The number of rotatable bonds is 6. The van der Waals surface area contributed by atoms with Crippen LogP contribution < -0.4 is 15.9 Å². The molecule has 0 aromatic heterocycles. The van der Waals surface area contributed by atoms with Gasteiger partial charge in [-0.3, -0.25) is 9.59 Å². The third-order valence-corrected chi connectivity index (χ3v) is 9.56. The Kier molecular flexibility index (Phi) is 13.0. The van der Waals surface area contributed by atoms with E-state index in [0.717, 1.165) is 22.1 Å². The molecule has 0 saturated carbocycles. The molecule has 192 valence electrons. The molecule has 0 spiro atoms. The number of hydrogen-bond acceptors (Lipinski definition) is 3. The Morgan fingerprint density at radius 2 is 1.03 bits per heavy atom. The first kappa shape index (κ1) is 29.5. The quantitative estimate of drug-likeness (QED) is 0.308. The highest BCUT2D eigenvalue weighted by atomic mass is 31.1. The van der Waals surface area contributed by atoms with Gasteiger partial charge in [0.05, 0.1) is 0 Å². The van der Waals surface area contributed by atoms with Gasteiger partial charge in [0, 0.05) is 23.5 Å². The Balaban J connectivity index is 0.000000161. The molecule has 3 unspecified atom stereocenters. The third kappa shape index (κ3) is 10.4. The van der Waals surface area contributed by atoms with Crippen LogP contribution in [0.15, 0.2) is 138 Å². The Labute approximate surface area is 230 Å². The first-order valence-electron chi connectivity index (χ1n) is 12.5. The highest BCUT2D eigenvalue weighted by Gasteiger charge is 2.14. The first-order chi connectivity index (χ1) is 18.6. The smallest absolute Gasteiger partial charge is 0.294 e. The molecule has 0 bridgehead atoms. The van der Waals surface area contributed by atoms with Crippen molar-refractivity contribution in [2.24, 2.45) is 0 Å². The lowest BCUT2D eigenvalue weighted by Crippen LogP contribution is -2.03. The lowest BCUT2D eigenvalue weighted by molar-refractivity contribution is -0.115. The van der Waals surface area contributed by atoms with Gasteiger partial charge >= 0.3 is 7.80 Å². The van der Waals surface area contributed by atoms with Crippen molar-refractivity contribution in [3.63, 3.8) is 0 Å². The van der Waals surface area contributed by atoms with Crippen molar-refractivity contribution in [3.8, 4) is 0 Å². The number of benzene rings is 3. The van der Waals surface area contributed by atoms with E-state index in [1.165, 1.54) is 10.6 Å². The second kappa shape index (κ2) is 16.7. The predicted molar refractivity (Wildman–Crippen MR) is 167 cm³/mol. The second-order valence-corrected chi connectivity index (χ2v) is 12.9. The van der Waals surface area contributed by atoms with E-state index < -0.39 is 7.80 Å². The van der Waals surface area contributed by atoms with Crippen molar-refractivity contribution in [1.29, 1.82) is 0 Å². The van der Waals surface area contributed by atoms with E-state index in [4.69, 9.17) is 0 Å². The molecule has 3 aromatic rings. The van der Waals surface area contributed by atoms with Gasteiger partial charge in [-0.1, -0.05) is 137 Å². The third-order valence-electron chi connectivity index (χ3n) is 5.44. The highest BCUT2D eigenvalue weighted by molar-refractivity contribution is 7.54. The lowest BCUT2D eigenvalue weighted by atomic mass is 10.2. The molecule has 0 saturated heterocycles. The van der Waals surface area contributed by atoms with Gasteiger partial charge in [-0.15, -0.1) is 0 Å². The molecule has 0 N–H and O–H groups in total. The number of Topliss-reactive ketones (excluding diaryl/α,β-unsaturated/α-hetero) is 2. The monoisotopic (exact) mass is 557 g/mol. The summed E-state index contributed by atoms with van der Waals surface area (Å²) in [5.41, 5.74) is 0. The van der Waals surface area contributed by atoms with Crippen LogP contribution in [0.3, 0.4) is 0 Å². The van der Waals surface area contributed by atoms with Crippen LogP contribution in [-0.2, 0) is 14.2 Å². The largest absolute Gasteiger partial charge is 0.376 e. The van der Waals surface area contributed by atoms with Crippen molar-refractivity contribution in [2.45, 2.75) is 19.8 Å². The van der Waals surface area contributed by atoms with E-state index in [1.54, 1.807) is 0 Å². The number of carbonyl (C=O) groups is 2. The molecule has 2 aliphatic carbocycles. The summed E-state index contributed by atoms with van der Waals surface area (Å²) in [5, 5.41) is 5.29. The lowest BCUT2D eigenvalue weighted by Gasteiger charge is -2.07. The van der Waals surface area contributed by atoms with Crippen LogP contribution in [0.5, 0.6) is 0 Å². The summed E-state index contributed by atoms with van der Waals surface area (Å²) in [4.78, 5) is 23.0. The molecule has 3 aromatic carbocycles. The molecule has 0 fully saturated rings. The van der Waals surface area contributed by atoms with Crippen LogP contribution >= 0.6 is 25.0 Å². The van der Waals surface area contributed by atoms with E-state index in [-0.39, 0.29) is 11.6 Å². The molecule has 3 atom stereocenters. The molecule has 6 heteroatoms. The molecule has 38 heavy (non-hydrogen) atoms. The van der Waals surface area contributed by atoms with E-state index in [2.05, 4.69) is 24.3 Å². The molecule has 0 radical (unpaired) electrons. The zero-order valence-corrected chi connectivity index (χ0v) is 24.3. The molecule has 3 nitrogen and oxygen atoms in total. The Hall–Kier alpha value is -3.08. The average molecular weight is 558 g/mol. The molecule has 0 aliphatic heterocycles. The van der Waals surface area contributed by atoms with Gasteiger partial charge in [0.25, 0.3) is 0 Å². The van der Waals surface area contributed by atoms with Gasteiger partial charge in [0.15, 0.2) is 16.9 Å². The molecular formula is C32H32O3P3+. The van der Waals surface area contributed by atoms with Crippen LogP contribution in [0.25, 0.3) is 0 Å². The molecule has 0 amide bonds. The zero-order chi connectivity index (χ0) is 27.0. The zero-order valence-electron chi connectivity index (χ0n) is 21.4. The van der Waals surface area contributed by atoms with E-state index in [0.29, 0.717) is 30.0 Å². The summed E-state index contributed by atoms with van der Waals surface area (Å²) in [6, 6.07) is 29.8. The van der Waals surface area contributed by atoms with Crippen LogP contribution in [-0.4, -0.2) is 17.7 Å². The van der Waals surface area contributed by atoms with Gasteiger partial charge in [0.2, 0.25) is 0 Å². The number of allylic oxidation sites excluding steroid dienone is 8. The average Bonchev–Trinajstić information content (AvgIpc) is 2.97.